The van der Waals surface area contributed by atoms with Crippen molar-refractivity contribution >= 4 is 23.9 Å². The van der Waals surface area contributed by atoms with E-state index in [1.807, 2.05) is 20.8 Å². The third-order valence-electron chi connectivity index (χ3n) is 3.86. The molecule has 0 aromatic rings. The minimum atomic E-state index is -2.43. The first-order chi connectivity index (χ1) is 13.8. The fraction of sp³-hybridized carbons (Fsp3) is 0.800. The van der Waals surface area contributed by atoms with Gasteiger partial charge in [-0.2, -0.15) is 0 Å². The van der Waals surface area contributed by atoms with Gasteiger partial charge in [0.1, 0.15) is 0 Å². The zero-order chi connectivity index (χ0) is 22.1. The zero-order valence-electron chi connectivity index (χ0n) is 17.7. The highest BCUT2D eigenvalue weighted by Gasteiger charge is 2.43. The van der Waals surface area contributed by atoms with Crippen molar-refractivity contribution in [3.63, 3.8) is 0 Å². The highest BCUT2D eigenvalue weighted by molar-refractivity contribution is 5.90. The number of carbonyl (C=O) groups is 4. The Morgan fingerprint density at radius 1 is 0.655 bits per heavy atom. The van der Waals surface area contributed by atoms with Gasteiger partial charge in [0.05, 0.1) is 32.7 Å². The Bertz CT molecular complexity index is 518. The molecule has 0 saturated carbocycles. The molecule has 0 saturated heterocycles. The Morgan fingerprint density at radius 2 is 1.07 bits per heavy atom. The Labute approximate surface area is 172 Å². The van der Waals surface area contributed by atoms with Crippen LogP contribution in [0, 0.1) is 0 Å². The van der Waals surface area contributed by atoms with Crippen LogP contribution in [-0.2, 0) is 38.1 Å². The van der Waals surface area contributed by atoms with E-state index in [1.165, 1.54) is 0 Å². The second-order valence-corrected chi connectivity index (χ2v) is 6.68. The molecule has 9 nitrogen and oxygen atoms in total. The normalized spacial score (nSPS) is 12.6. The van der Waals surface area contributed by atoms with Crippen LogP contribution in [0.4, 0.5) is 0 Å². The summed E-state index contributed by atoms with van der Waals surface area (Å²) < 4.78 is 19.5. The minimum Gasteiger partial charge on any atom is -0.466 e. The van der Waals surface area contributed by atoms with Crippen molar-refractivity contribution in [3.8, 4) is 0 Å². The standard InChI is InChI=1S/C20H34O9/c1-4-7-10-26-16(21)13-20(25,19(24)28-12-9-6-3)14-17(22)29-15-18(23)27-11-8-5-2/h25H,4-15H2,1-3H3. The molecule has 0 aliphatic rings. The summed E-state index contributed by atoms with van der Waals surface area (Å²) in [5, 5.41) is 10.6. The predicted octanol–water partition coefficient (Wildman–Crippen LogP) is 2.07. The molecule has 0 aromatic heterocycles. The lowest BCUT2D eigenvalue weighted by molar-refractivity contribution is -0.179. The lowest BCUT2D eigenvalue weighted by atomic mass is 9.95. The van der Waals surface area contributed by atoms with E-state index in [1.54, 1.807) is 0 Å². The molecule has 0 rings (SSSR count). The topological polar surface area (TPSA) is 125 Å². The van der Waals surface area contributed by atoms with Gasteiger partial charge in [0.15, 0.2) is 12.2 Å². The minimum absolute atomic E-state index is 0.0430. The van der Waals surface area contributed by atoms with Crippen molar-refractivity contribution in [2.75, 3.05) is 26.4 Å². The van der Waals surface area contributed by atoms with Crippen molar-refractivity contribution in [1.82, 2.24) is 0 Å². The Morgan fingerprint density at radius 3 is 1.55 bits per heavy atom. The smallest absolute Gasteiger partial charge is 0.344 e. The van der Waals surface area contributed by atoms with Crippen LogP contribution in [-0.4, -0.2) is 61.0 Å². The molecule has 1 atom stereocenters. The summed E-state index contributed by atoms with van der Waals surface area (Å²) in [7, 11) is 0. The second-order valence-electron chi connectivity index (χ2n) is 6.68. The summed E-state index contributed by atoms with van der Waals surface area (Å²) in [5.74, 6) is -3.71. The molecule has 0 spiro atoms. The van der Waals surface area contributed by atoms with Gasteiger partial charge in [0, 0.05) is 0 Å². The molecule has 1 N–H and O–H groups in total. The summed E-state index contributed by atoms with van der Waals surface area (Å²) >= 11 is 0. The molecule has 29 heavy (non-hydrogen) atoms. The van der Waals surface area contributed by atoms with E-state index in [0.29, 0.717) is 19.3 Å². The molecule has 0 aromatic carbocycles. The van der Waals surface area contributed by atoms with Crippen LogP contribution in [0.15, 0.2) is 0 Å². The third kappa shape index (κ3) is 12.8. The van der Waals surface area contributed by atoms with Crippen LogP contribution >= 0.6 is 0 Å². The maximum Gasteiger partial charge on any atom is 0.344 e. The largest absolute Gasteiger partial charge is 0.466 e. The van der Waals surface area contributed by atoms with Crippen LogP contribution in [0.3, 0.4) is 0 Å². The summed E-state index contributed by atoms with van der Waals surface area (Å²) in [5.41, 5.74) is -2.43. The van der Waals surface area contributed by atoms with E-state index in [2.05, 4.69) is 0 Å². The Balaban J connectivity index is 4.81. The SMILES string of the molecule is CCCCOC(=O)COC(=O)CC(O)(CC(=O)OCCCC)C(=O)OCCCC. The summed E-state index contributed by atoms with van der Waals surface area (Å²) in [6.45, 7) is 5.49. The van der Waals surface area contributed by atoms with E-state index < -0.39 is 48.9 Å². The van der Waals surface area contributed by atoms with Gasteiger partial charge in [-0.3, -0.25) is 9.59 Å². The van der Waals surface area contributed by atoms with Crippen LogP contribution in [0.25, 0.3) is 0 Å². The molecule has 0 aliphatic heterocycles. The number of carbonyl (C=O) groups excluding carboxylic acids is 4. The van der Waals surface area contributed by atoms with E-state index in [4.69, 9.17) is 18.9 Å². The molecule has 0 amide bonds. The number of esters is 4. The zero-order valence-corrected chi connectivity index (χ0v) is 17.7. The number of rotatable bonds is 16. The summed E-state index contributed by atoms with van der Waals surface area (Å²) in [6.07, 6.45) is 2.69. The van der Waals surface area contributed by atoms with Crippen molar-refractivity contribution < 1.29 is 43.2 Å². The van der Waals surface area contributed by atoms with Crippen molar-refractivity contribution in [2.45, 2.75) is 77.7 Å². The van der Waals surface area contributed by atoms with Crippen molar-refractivity contribution in [2.24, 2.45) is 0 Å². The van der Waals surface area contributed by atoms with Gasteiger partial charge in [-0.05, 0) is 19.3 Å². The van der Waals surface area contributed by atoms with Crippen molar-refractivity contribution in [1.29, 1.82) is 0 Å². The second kappa shape index (κ2) is 15.7. The Kier molecular flexibility index (Phi) is 14.6. The first-order valence-corrected chi connectivity index (χ1v) is 10.2. The number of aliphatic hydroxyl groups is 1. The summed E-state index contributed by atoms with van der Waals surface area (Å²) in [6, 6.07) is 0. The molecule has 0 heterocycles. The van der Waals surface area contributed by atoms with Crippen LogP contribution in [0.5, 0.6) is 0 Å². The van der Waals surface area contributed by atoms with E-state index in [0.717, 1.165) is 19.3 Å². The average Bonchev–Trinajstić information content (AvgIpc) is 2.66. The highest BCUT2D eigenvalue weighted by Crippen LogP contribution is 2.20. The number of ether oxygens (including phenoxy) is 4. The van der Waals surface area contributed by atoms with Gasteiger partial charge in [0.2, 0.25) is 0 Å². The third-order valence-corrected chi connectivity index (χ3v) is 3.86. The quantitative estimate of drug-likeness (QED) is 0.228. The lowest BCUT2D eigenvalue weighted by Gasteiger charge is -2.24. The lowest BCUT2D eigenvalue weighted by Crippen LogP contribution is -2.45. The maximum absolute atomic E-state index is 12.3. The van der Waals surface area contributed by atoms with Crippen LogP contribution in [0.1, 0.15) is 72.1 Å². The van der Waals surface area contributed by atoms with Crippen LogP contribution in [0.2, 0.25) is 0 Å². The fourth-order valence-electron chi connectivity index (χ4n) is 2.07. The fourth-order valence-corrected chi connectivity index (χ4v) is 2.07. The molecule has 1 unspecified atom stereocenters. The monoisotopic (exact) mass is 418 g/mol. The highest BCUT2D eigenvalue weighted by atomic mass is 16.6. The van der Waals surface area contributed by atoms with Gasteiger partial charge in [-0.25, -0.2) is 9.59 Å². The summed E-state index contributed by atoms with van der Waals surface area (Å²) in [4.78, 5) is 47.7. The molecule has 0 radical (unpaired) electrons. The Hall–Kier alpha value is -2.16. The van der Waals surface area contributed by atoms with Gasteiger partial charge >= 0.3 is 23.9 Å². The number of hydrogen-bond donors (Lipinski definition) is 1. The number of hydrogen-bond acceptors (Lipinski definition) is 9. The molecular weight excluding hydrogens is 384 g/mol. The molecule has 0 fully saturated rings. The average molecular weight is 418 g/mol. The first-order valence-electron chi connectivity index (χ1n) is 10.2. The van der Waals surface area contributed by atoms with Gasteiger partial charge < -0.3 is 24.1 Å². The van der Waals surface area contributed by atoms with Gasteiger partial charge in [0.25, 0.3) is 0 Å². The van der Waals surface area contributed by atoms with Crippen molar-refractivity contribution in [3.05, 3.63) is 0 Å². The van der Waals surface area contributed by atoms with E-state index in [-0.39, 0.29) is 19.8 Å². The first kappa shape index (κ1) is 26.8. The predicted molar refractivity (Wildman–Crippen MR) is 103 cm³/mol. The van der Waals surface area contributed by atoms with Gasteiger partial charge in [-0.1, -0.05) is 40.0 Å². The van der Waals surface area contributed by atoms with E-state index >= 15 is 0 Å². The van der Waals surface area contributed by atoms with Gasteiger partial charge in [-0.15, -0.1) is 0 Å². The van der Waals surface area contributed by atoms with Crippen LogP contribution < -0.4 is 0 Å². The van der Waals surface area contributed by atoms with E-state index in [9.17, 15) is 24.3 Å². The molecule has 0 aliphatic carbocycles. The molecular formula is C20H34O9. The number of unbranched alkanes of at least 4 members (excludes halogenated alkanes) is 3. The molecule has 168 valence electrons. The maximum atomic E-state index is 12.3. The molecule has 9 heteroatoms. The molecule has 0 bridgehead atoms.